The van der Waals surface area contributed by atoms with Crippen LogP contribution in [-0.2, 0) is 11.3 Å². The number of ether oxygens (including phenoxy) is 2. The van der Waals surface area contributed by atoms with Gasteiger partial charge in [-0.05, 0) is 62.8 Å². The van der Waals surface area contributed by atoms with Gasteiger partial charge in [0.05, 0.1) is 30.1 Å². The molecule has 7 rings (SSSR count). The largest absolute Gasteiger partial charge is 0.494 e. The first-order chi connectivity index (χ1) is 19.0. The van der Waals surface area contributed by atoms with Crippen molar-refractivity contribution in [1.29, 1.82) is 0 Å². The molecule has 4 heterocycles. The summed E-state index contributed by atoms with van der Waals surface area (Å²) in [5.41, 5.74) is 2.74. The SMILES string of the molecule is COc1cc(C(=O)O)cc2sc(N3C4CC[C@H]3CC(OCc3c(-c5ccccc5F)noc3C3CC3)C4)nc12. The second kappa shape index (κ2) is 9.60. The Morgan fingerprint density at radius 2 is 1.95 bits per heavy atom. The topological polar surface area (TPSA) is 97.9 Å². The molecule has 0 amide bonds. The number of methoxy groups -OCH3 is 1. The van der Waals surface area contributed by atoms with E-state index in [4.69, 9.17) is 19.0 Å². The molecule has 3 fully saturated rings. The molecule has 2 unspecified atom stereocenters. The first-order valence-corrected chi connectivity index (χ1v) is 14.2. The van der Waals surface area contributed by atoms with Crippen LogP contribution in [0.25, 0.3) is 21.5 Å². The minimum Gasteiger partial charge on any atom is -0.494 e. The number of piperidine rings is 1. The van der Waals surface area contributed by atoms with Crippen molar-refractivity contribution in [2.24, 2.45) is 0 Å². The Morgan fingerprint density at radius 3 is 2.64 bits per heavy atom. The average molecular weight is 550 g/mol. The molecule has 2 aromatic heterocycles. The van der Waals surface area contributed by atoms with E-state index in [9.17, 15) is 14.3 Å². The molecule has 2 aliphatic heterocycles. The lowest BCUT2D eigenvalue weighted by atomic mass is 10.00. The van der Waals surface area contributed by atoms with Crippen LogP contribution >= 0.6 is 11.3 Å². The number of aromatic nitrogens is 2. The molecular weight excluding hydrogens is 521 g/mol. The number of carbonyl (C=O) groups is 1. The van der Waals surface area contributed by atoms with Crippen LogP contribution < -0.4 is 9.64 Å². The highest BCUT2D eigenvalue weighted by Crippen LogP contribution is 2.46. The van der Waals surface area contributed by atoms with Gasteiger partial charge in [-0.3, -0.25) is 0 Å². The first-order valence-electron chi connectivity index (χ1n) is 13.3. The number of halogens is 1. The number of carboxylic acids is 1. The number of thiazole rings is 1. The monoisotopic (exact) mass is 549 g/mol. The smallest absolute Gasteiger partial charge is 0.335 e. The molecule has 39 heavy (non-hydrogen) atoms. The highest BCUT2D eigenvalue weighted by atomic mass is 32.1. The second-order valence-corrected chi connectivity index (χ2v) is 11.7. The molecule has 0 radical (unpaired) electrons. The van der Waals surface area contributed by atoms with Crippen molar-refractivity contribution in [2.75, 3.05) is 12.0 Å². The highest BCUT2D eigenvalue weighted by Gasteiger charge is 2.43. The third-order valence-electron chi connectivity index (χ3n) is 8.19. The maximum atomic E-state index is 14.6. The molecule has 2 bridgehead atoms. The summed E-state index contributed by atoms with van der Waals surface area (Å²) in [5.74, 6) is 0.344. The van der Waals surface area contributed by atoms with E-state index in [0.717, 1.165) is 59.7 Å². The van der Waals surface area contributed by atoms with E-state index in [1.807, 2.05) is 6.07 Å². The van der Waals surface area contributed by atoms with Crippen molar-refractivity contribution in [1.82, 2.24) is 10.1 Å². The summed E-state index contributed by atoms with van der Waals surface area (Å²) in [5, 5.41) is 14.6. The van der Waals surface area contributed by atoms with Crippen LogP contribution in [0.2, 0.25) is 0 Å². The third-order valence-corrected chi connectivity index (χ3v) is 9.20. The standard InChI is InChI=1S/C29H28FN3O5S/c1-36-23-10-16(28(34)35)11-24-26(23)31-29(39-24)33-17-8-9-18(33)13-19(12-17)37-14-21-25(20-4-2-3-5-22(20)30)32-38-27(21)15-6-7-15/h2-5,10-11,15,17-19H,6-9,12-14H2,1H3,(H,34,35)/t17-,18?,19?/m0/s1. The van der Waals surface area contributed by atoms with Crippen LogP contribution in [0.5, 0.6) is 5.75 Å². The lowest BCUT2D eigenvalue weighted by Crippen LogP contribution is -2.45. The zero-order valence-electron chi connectivity index (χ0n) is 21.4. The zero-order valence-corrected chi connectivity index (χ0v) is 22.2. The third kappa shape index (κ3) is 4.35. The summed E-state index contributed by atoms with van der Waals surface area (Å²) in [4.78, 5) is 18.8. The minimum atomic E-state index is -0.987. The van der Waals surface area contributed by atoms with Gasteiger partial charge in [0.15, 0.2) is 5.13 Å². The number of carboxylic acid groups (broad SMARTS) is 1. The Kier molecular flexibility index (Phi) is 6.04. The minimum absolute atomic E-state index is 0.0664. The van der Waals surface area contributed by atoms with Gasteiger partial charge in [-0.25, -0.2) is 14.2 Å². The van der Waals surface area contributed by atoms with E-state index in [1.54, 1.807) is 18.2 Å². The molecule has 4 aromatic rings. The van der Waals surface area contributed by atoms with Gasteiger partial charge in [-0.1, -0.05) is 28.6 Å². The number of fused-ring (bicyclic) bond motifs is 3. The van der Waals surface area contributed by atoms with E-state index in [1.165, 1.54) is 30.6 Å². The fraction of sp³-hybridized carbons (Fsp3) is 0.414. The molecule has 2 aromatic carbocycles. The fourth-order valence-electron chi connectivity index (χ4n) is 6.15. The molecule has 2 saturated heterocycles. The van der Waals surface area contributed by atoms with Gasteiger partial charge in [0.1, 0.15) is 28.5 Å². The lowest BCUT2D eigenvalue weighted by Gasteiger charge is -2.38. The molecule has 0 spiro atoms. The molecular formula is C29H28FN3O5S. The fourth-order valence-corrected chi connectivity index (χ4v) is 7.31. The number of hydrogen-bond acceptors (Lipinski definition) is 8. The summed E-state index contributed by atoms with van der Waals surface area (Å²) >= 11 is 1.51. The van der Waals surface area contributed by atoms with Crippen LogP contribution in [0.4, 0.5) is 9.52 Å². The van der Waals surface area contributed by atoms with Crippen molar-refractivity contribution in [3.05, 3.63) is 59.1 Å². The molecule has 1 aliphatic carbocycles. The van der Waals surface area contributed by atoms with Gasteiger partial charge in [0.25, 0.3) is 0 Å². The Hall–Kier alpha value is -3.50. The van der Waals surface area contributed by atoms with E-state index >= 15 is 0 Å². The molecule has 3 atom stereocenters. The number of hydrogen-bond donors (Lipinski definition) is 1. The van der Waals surface area contributed by atoms with E-state index in [-0.39, 0.29) is 29.6 Å². The summed E-state index contributed by atoms with van der Waals surface area (Å²) < 4.78 is 33.1. The van der Waals surface area contributed by atoms with Crippen LogP contribution in [-0.4, -0.2) is 46.5 Å². The van der Waals surface area contributed by atoms with Crippen LogP contribution in [0.3, 0.4) is 0 Å². The Labute approximate surface area is 228 Å². The number of anilines is 1. The second-order valence-electron chi connectivity index (χ2n) is 10.7. The predicted octanol–water partition coefficient (Wildman–Crippen LogP) is 6.39. The summed E-state index contributed by atoms with van der Waals surface area (Å²) in [6.45, 7) is 0.347. The quantitative estimate of drug-likeness (QED) is 0.270. The molecule has 1 saturated carbocycles. The normalized spacial score (nSPS) is 22.5. The Bertz CT molecular complexity index is 1550. The van der Waals surface area contributed by atoms with Crippen molar-refractivity contribution < 1.29 is 28.3 Å². The molecule has 8 nitrogen and oxygen atoms in total. The number of aromatic carboxylic acids is 1. The van der Waals surface area contributed by atoms with E-state index in [2.05, 4.69) is 10.1 Å². The van der Waals surface area contributed by atoms with Crippen molar-refractivity contribution in [3.63, 3.8) is 0 Å². The molecule has 3 aliphatic rings. The number of nitrogens with zero attached hydrogens (tertiary/aromatic N) is 3. The maximum Gasteiger partial charge on any atom is 0.335 e. The number of benzene rings is 2. The number of rotatable bonds is 8. The van der Waals surface area contributed by atoms with Gasteiger partial charge >= 0.3 is 5.97 Å². The van der Waals surface area contributed by atoms with Gasteiger partial charge in [-0.2, -0.15) is 0 Å². The summed E-state index contributed by atoms with van der Waals surface area (Å²) in [7, 11) is 1.54. The molecule has 202 valence electrons. The molecule has 10 heteroatoms. The van der Waals surface area contributed by atoms with E-state index in [0.29, 0.717) is 35.0 Å². The van der Waals surface area contributed by atoms with Gasteiger partial charge in [0, 0.05) is 29.1 Å². The van der Waals surface area contributed by atoms with Crippen LogP contribution in [0, 0.1) is 5.82 Å². The maximum absolute atomic E-state index is 14.6. The van der Waals surface area contributed by atoms with Crippen LogP contribution in [0.15, 0.2) is 40.9 Å². The Morgan fingerprint density at radius 1 is 1.18 bits per heavy atom. The summed E-state index contributed by atoms with van der Waals surface area (Å²) in [6, 6.07) is 10.4. The van der Waals surface area contributed by atoms with Crippen LogP contribution in [0.1, 0.15) is 66.1 Å². The Balaban J connectivity index is 1.11. The zero-order chi connectivity index (χ0) is 26.7. The van der Waals surface area contributed by atoms with Gasteiger partial charge < -0.3 is 24.0 Å². The van der Waals surface area contributed by atoms with Gasteiger partial charge in [0.2, 0.25) is 0 Å². The predicted molar refractivity (Wildman–Crippen MR) is 144 cm³/mol. The van der Waals surface area contributed by atoms with Crippen molar-refractivity contribution >= 4 is 32.7 Å². The average Bonchev–Trinajstić information content (AvgIpc) is 3.45. The lowest BCUT2D eigenvalue weighted by molar-refractivity contribution is 0.0147. The van der Waals surface area contributed by atoms with E-state index < -0.39 is 5.97 Å². The molecule has 1 N–H and O–H groups in total. The van der Waals surface area contributed by atoms with Crippen molar-refractivity contribution in [3.8, 4) is 17.0 Å². The first kappa shape index (κ1) is 24.5. The highest BCUT2D eigenvalue weighted by molar-refractivity contribution is 7.22. The van der Waals surface area contributed by atoms with Gasteiger partial charge in [-0.15, -0.1) is 0 Å². The van der Waals surface area contributed by atoms with Crippen molar-refractivity contribution in [2.45, 2.75) is 69.2 Å². The summed E-state index contributed by atoms with van der Waals surface area (Å²) in [6.07, 6.45) is 6.02.